The molecule has 6 nitrogen and oxygen atoms in total. The molecule has 1 fully saturated rings. The Labute approximate surface area is 158 Å². The van der Waals surface area contributed by atoms with Crippen LogP contribution in [0.5, 0.6) is 0 Å². The number of sulfone groups is 1. The predicted octanol–water partition coefficient (Wildman–Crippen LogP) is 2.13. The molecule has 0 spiro atoms. The van der Waals surface area contributed by atoms with Gasteiger partial charge >= 0.3 is 0 Å². The van der Waals surface area contributed by atoms with Gasteiger partial charge in [0.25, 0.3) is 0 Å². The number of nitrogens with zero attached hydrogens (tertiary/aromatic N) is 1. The van der Waals surface area contributed by atoms with Gasteiger partial charge in [0.15, 0.2) is 9.84 Å². The molecule has 0 radical (unpaired) electrons. The first-order chi connectivity index (χ1) is 12.1. The van der Waals surface area contributed by atoms with E-state index in [1.165, 1.54) is 30.7 Å². The standard InChI is InChI=1S/C18H30N2O4S2/c1-15-12-16(2)14-20(13-15)11-7-6-10-19-26(23,24)18-9-5-4-8-17(18)25(3,21)22/h4-5,8-9,15-16,19H,6-7,10-14H2,1-3H3. The van der Waals surface area contributed by atoms with Gasteiger partial charge in [-0.05, 0) is 49.8 Å². The molecule has 0 saturated carbocycles. The zero-order valence-corrected chi connectivity index (χ0v) is 17.4. The van der Waals surface area contributed by atoms with E-state index in [-0.39, 0.29) is 9.79 Å². The number of piperidine rings is 1. The molecule has 2 atom stereocenters. The van der Waals surface area contributed by atoms with Gasteiger partial charge in [-0.25, -0.2) is 21.6 Å². The zero-order chi connectivity index (χ0) is 19.4. The van der Waals surface area contributed by atoms with Gasteiger partial charge < -0.3 is 4.90 Å². The second kappa shape index (κ2) is 8.82. The second-order valence-corrected chi connectivity index (χ2v) is 11.2. The summed E-state index contributed by atoms with van der Waals surface area (Å²) in [6.45, 7) is 8.04. The van der Waals surface area contributed by atoms with E-state index in [1.807, 2.05) is 0 Å². The van der Waals surface area contributed by atoms with Gasteiger partial charge in [-0.1, -0.05) is 26.0 Å². The normalized spacial score (nSPS) is 22.4. The lowest BCUT2D eigenvalue weighted by molar-refractivity contribution is 0.139. The van der Waals surface area contributed by atoms with Crippen LogP contribution in [-0.4, -0.2) is 54.2 Å². The summed E-state index contributed by atoms with van der Waals surface area (Å²) in [7, 11) is -7.44. The Balaban J connectivity index is 1.86. The summed E-state index contributed by atoms with van der Waals surface area (Å²) in [5.41, 5.74) is 0. The van der Waals surface area contributed by atoms with Crippen LogP contribution in [0, 0.1) is 11.8 Å². The van der Waals surface area contributed by atoms with Crippen LogP contribution in [0.2, 0.25) is 0 Å². The van der Waals surface area contributed by atoms with Gasteiger partial charge in [0, 0.05) is 25.9 Å². The van der Waals surface area contributed by atoms with Gasteiger partial charge in [0.2, 0.25) is 10.0 Å². The number of nitrogens with one attached hydrogen (secondary N) is 1. The average molecular weight is 403 g/mol. The van der Waals surface area contributed by atoms with E-state index < -0.39 is 19.9 Å². The molecule has 2 unspecified atom stereocenters. The Morgan fingerprint density at radius 3 is 2.15 bits per heavy atom. The third kappa shape index (κ3) is 6.04. The summed E-state index contributed by atoms with van der Waals surface area (Å²) in [4.78, 5) is 2.11. The quantitative estimate of drug-likeness (QED) is 0.674. The highest BCUT2D eigenvalue weighted by molar-refractivity contribution is 7.93. The van der Waals surface area contributed by atoms with Crippen molar-refractivity contribution in [2.75, 3.05) is 32.4 Å². The topological polar surface area (TPSA) is 83.6 Å². The molecule has 1 aliphatic heterocycles. The maximum absolute atomic E-state index is 12.5. The second-order valence-electron chi connectivity index (χ2n) is 7.53. The molecule has 1 heterocycles. The highest BCUT2D eigenvalue weighted by Gasteiger charge is 2.23. The highest BCUT2D eigenvalue weighted by atomic mass is 32.2. The maximum atomic E-state index is 12.5. The molecule has 1 aromatic carbocycles. The van der Waals surface area contributed by atoms with Crippen LogP contribution in [-0.2, 0) is 19.9 Å². The Hall–Kier alpha value is -0.960. The van der Waals surface area contributed by atoms with Crippen molar-refractivity contribution < 1.29 is 16.8 Å². The molecule has 0 amide bonds. The lowest BCUT2D eigenvalue weighted by atomic mass is 9.92. The van der Waals surface area contributed by atoms with Crippen molar-refractivity contribution in [3.05, 3.63) is 24.3 Å². The fourth-order valence-corrected chi connectivity index (χ4v) is 6.40. The number of unbranched alkanes of at least 4 members (excludes halogenated alkanes) is 1. The smallest absolute Gasteiger partial charge is 0.241 e. The molecule has 26 heavy (non-hydrogen) atoms. The van der Waals surface area contributed by atoms with Crippen molar-refractivity contribution in [2.45, 2.75) is 42.9 Å². The Morgan fingerprint density at radius 1 is 1.00 bits per heavy atom. The van der Waals surface area contributed by atoms with Crippen LogP contribution < -0.4 is 4.72 Å². The van der Waals surface area contributed by atoms with Crippen molar-refractivity contribution in [2.24, 2.45) is 11.8 Å². The minimum atomic E-state index is -3.84. The molecule has 0 aliphatic carbocycles. The number of benzene rings is 1. The largest absolute Gasteiger partial charge is 0.303 e. The molecule has 8 heteroatoms. The van der Waals surface area contributed by atoms with Crippen molar-refractivity contribution in [1.82, 2.24) is 9.62 Å². The molecular formula is C18H30N2O4S2. The summed E-state index contributed by atoms with van der Waals surface area (Å²) >= 11 is 0. The summed E-state index contributed by atoms with van der Waals surface area (Å²) in [6.07, 6.45) is 3.92. The fourth-order valence-electron chi connectivity index (χ4n) is 3.70. The lowest BCUT2D eigenvalue weighted by Crippen LogP contribution is -2.39. The van der Waals surface area contributed by atoms with Crippen LogP contribution in [0.3, 0.4) is 0 Å². The molecule has 0 bridgehead atoms. The summed E-state index contributed by atoms with van der Waals surface area (Å²) < 4.78 is 51.1. The molecule has 1 aromatic rings. The van der Waals surface area contributed by atoms with Gasteiger partial charge in [-0.15, -0.1) is 0 Å². The molecule has 1 saturated heterocycles. The number of rotatable bonds is 8. The van der Waals surface area contributed by atoms with E-state index in [9.17, 15) is 16.8 Å². The van der Waals surface area contributed by atoms with E-state index in [1.54, 1.807) is 0 Å². The van der Waals surface area contributed by atoms with Crippen molar-refractivity contribution >= 4 is 19.9 Å². The van der Waals surface area contributed by atoms with Crippen LogP contribution in [0.4, 0.5) is 0 Å². The first-order valence-electron chi connectivity index (χ1n) is 9.10. The molecule has 1 aliphatic rings. The Bertz CT molecular complexity index is 796. The first kappa shape index (κ1) is 21.3. The SMILES string of the molecule is CC1CC(C)CN(CCCCNS(=O)(=O)c2ccccc2S(C)(=O)=O)C1. The summed E-state index contributed by atoms with van der Waals surface area (Å²) in [5, 5.41) is 0. The van der Waals surface area contributed by atoms with E-state index >= 15 is 0 Å². The maximum Gasteiger partial charge on any atom is 0.241 e. The summed E-state index contributed by atoms with van der Waals surface area (Å²) in [6, 6.07) is 5.70. The van der Waals surface area contributed by atoms with Crippen LogP contribution in [0.25, 0.3) is 0 Å². The zero-order valence-electron chi connectivity index (χ0n) is 15.8. The minimum Gasteiger partial charge on any atom is -0.303 e. The van der Waals surface area contributed by atoms with Gasteiger partial charge in [-0.2, -0.15) is 0 Å². The van der Waals surface area contributed by atoms with E-state index in [4.69, 9.17) is 0 Å². The number of likely N-dealkylation sites (tertiary alicyclic amines) is 1. The number of hydrogen-bond donors (Lipinski definition) is 1. The van der Waals surface area contributed by atoms with Crippen LogP contribution in [0.1, 0.15) is 33.1 Å². The van der Waals surface area contributed by atoms with Gasteiger partial charge in [0.05, 0.1) is 4.90 Å². The third-order valence-electron chi connectivity index (χ3n) is 4.68. The molecule has 0 aromatic heterocycles. The first-order valence-corrected chi connectivity index (χ1v) is 12.5. The highest BCUT2D eigenvalue weighted by Crippen LogP contribution is 2.22. The van der Waals surface area contributed by atoms with E-state index in [2.05, 4.69) is 23.5 Å². The van der Waals surface area contributed by atoms with E-state index in [0.29, 0.717) is 18.4 Å². The van der Waals surface area contributed by atoms with Crippen LogP contribution >= 0.6 is 0 Å². The van der Waals surface area contributed by atoms with E-state index in [0.717, 1.165) is 38.7 Å². The minimum absolute atomic E-state index is 0.163. The number of hydrogen-bond acceptors (Lipinski definition) is 5. The summed E-state index contributed by atoms with van der Waals surface area (Å²) in [5.74, 6) is 1.43. The molecule has 1 N–H and O–H groups in total. The van der Waals surface area contributed by atoms with Crippen molar-refractivity contribution in [1.29, 1.82) is 0 Å². The van der Waals surface area contributed by atoms with Crippen molar-refractivity contribution in [3.63, 3.8) is 0 Å². The van der Waals surface area contributed by atoms with Gasteiger partial charge in [-0.3, -0.25) is 0 Å². The molecule has 148 valence electrons. The monoisotopic (exact) mass is 402 g/mol. The Morgan fingerprint density at radius 2 is 1.58 bits per heavy atom. The average Bonchev–Trinajstić information content (AvgIpc) is 2.53. The predicted molar refractivity (Wildman–Crippen MR) is 103 cm³/mol. The van der Waals surface area contributed by atoms with Crippen LogP contribution in [0.15, 0.2) is 34.1 Å². The Kier molecular flexibility index (Phi) is 7.24. The number of sulfonamides is 1. The fraction of sp³-hybridized carbons (Fsp3) is 0.667. The lowest BCUT2D eigenvalue weighted by Gasteiger charge is -2.34. The third-order valence-corrected chi connectivity index (χ3v) is 7.48. The molecular weight excluding hydrogens is 372 g/mol. The van der Waals surface area contributed by atoms with Crippen molar-refractivity contribution in [3.8, 4) is 0 Å². The molecule has 2 rings (SSSR count). The van der Waals surface area contributed by atoms with Gasteiger partial charge in [0.1, 0.15) is 4.90 Å².